The molecule has 2 aromatic rings. The standard InChI is InChI=1S/C17H20N2O3/c20-12-17(8-10-22-16-7-2-1-5-13(16)17)19-11-15(21)14-6-3-4-9-18-14/h1-7,9,15,19-21H,8,10-12H2. The molecule has 116 valence electrons. The lowest BCUT2D eigenvalue weighted by Gasteiger charge is -2.38. The van der Waals surface area contributed by atoms with E-state index < -0.39 is 11.6 Å². The number of aliphatic hydroxyl groups excluding tert-OH is 2. The average Bonchev–Trinajstić information content (AvgIpc) is 2.60. The van der Waals surface area contributed by atoms with E-state index in [0.29, 0.717) is 25.3 Å². The molecule has 1 aromatic carbocycles. The molecule has 2 unspecified atom stereocenters. The molecule has 0 saturated heterocycles. The van der Waals surface area contributed by atoms with E-state index in [1.807, 2.05) is 36.4 Å². The quantitative estimate of drug-likeness (QED) is 0.778. The first kappa shape index (κ1) is 15.0. The summed E-state index contributed by atoms with van der Waals surface area (Å²) in [7, 11) is 0. The molecule has 1 aliphatic heterocycles. The van der Waals surface area contributed by atoms with Crippen LogP contribution < -0.4 is 10.1 Å². The van der Waals surface area contributed by atoms with Crippen LogP contribution in [0.25, 0.3) is 0 Å². The molecule has 0 spiro atoms. The SMILES string of the molecule is OCC1(NCC(O)c2ccccn2)CCOc2ccccc21. The Labute approximate surface area is 129 Å². The summed E-state index contributed by atoms with van der Waals surface area (Å²) in [5, 5.41) is 23.5. The second-order valence-corrected chi connectivity index (χ2v) is 5.49. The first-order chi connectivity index (χ1) is 10.7. The van der Waals surface area contributed by atoms with Gasteiger partial charge in [-0.2, -0.15) is 0 Å². The summed E-state index contributed by atoms with van der Waals surface area (Å²) in [6.45, 7) is 0.790. The molecule has 22 heavy (non-hydrogen) atoms. The van der Waals surface area contributed by atoms with Gasteiger partial charge in [-0.3, -0.25) is 4.98 Å². The van der Waals surface area contributed by atoms with Gasteiger partial charge >= 0.3 is 0 Å². The van der Waals surface area contributed by atoms with Crippen LogP contribution in [-0.4, -0.2) is 35.0 Å². The smallest absolute Gasteiger partial charge is 0.124 e. The van der Waals surface area contributed by atoms with Crippen LogP contribution in [0.3, 0.4) is 0 Å². The number of benzene rings is 1. The zero-order valence-electron chi connectivity index (χ0n) is 12.3. The van der Waals surface area contributed by atoms with Crippen molar-refractivity contribution in [3.05, 3.63) is 59.9 Å². The van der Waals surface area contributed by atoms with E-state index in [2.05, 4.69) is 10.3 Å². The highest BCUT2D eigenvalue weighted by molar-refractivity contribution is 5.41. The molecule has 3 N–H and O–H groups in total. The number of aromatic nitrogens is 1. The van der Waals surface area contributed by atoms with Crippen molar-refractivity contribution in [3.63, 3.8) is 0 Å². The Bertz CT molecular complexity index is 620. The maximum atomic E-state index is 10.3. The molecule has 5 nitrogen and oxygen atoms in total. The lowest BCUT2D eigenvalue weighted by atomic mass is 9.85. The van der Waals surface area contributed by atoms with Crippen LogP contribution in [0, 0.1) is 0 Å². The normalized spacial score (nSPS) is 21.7. The minimum absolute atomic E-state index is 0.0533. The van der Waals surface area contributed by atoms with Crippen molar-refractivity contribution in [3.8, 4) is 5.75 Å². The summed E-state index contributed by atoms with van der Waals surface area (Å²) < 4.78 is 5.65. The maximum Gasteiger partial charge on any atom is 0.124 e. The molecule has 2 atom stereocenters. The Kier molecular flexibility index (Phi) is 4.38. The van der Waals surface area contributed by atoms with Crippen molar-refractivity contribution in [1.29, 1.82) is 0 Å². The minimum Gasteiger partial charge on any atom is -0.493 e. The second-order valence-electron chi connectivity index (χ2n) is 5.49. The van der Waals surface area contributed by atoms with Crippen molar-refractivity contribution in [2.24, 2.45) is 0 Å². The van der Waals surface area contributed by atoms with Gasteiger partial charge in [0, 0.05) is 24.7 Å². The highest BCUT2D eigenvalue weighted by Crippen LogP contribution is 2.36. The summed E-state index contributed by atoms with van der Waals surface area (Å²) in [6.07, 6.45) is 1.58. The van der Waals surface area contributed by atoms with Gasteiger partial charge in [0.05, 0.1) is 24.4 Å². The van der Waals surface area contributed by atoms with Crippen LogP contribution >= 0.6 is 0 Å². The molecular weight excluding hydrogens is 280 g/mol. The Morgan fingerprint density at radius 3 is 2.82 bits per heavy atom. The van der Waals surface area contributed by atoms with Gasteiger partial charge in [0.2, 0.25) is 0 Å². The fraction of sp³-hybridized carbons (Fsp3) is 0.353. The summed E-state index contributed by atoms with van der Waals surface area (Å²) in [5.41, 5.74) is 0.949. The predicted molar refractivity (Wildman–Crippen MR) is 82.5 cm³/mol. The van der Waals surface area contributed by atoms with Gasteiger partial charge < -0.3 is 20.3 Å². The van der Waals surface area contributed by atoms with Gasteiger partial charge in [-0.15, -0.1) is 0 Å². The van der Waals surface area contributed by atoms with Crippen LogP contribution in [0.2, 0.25) is 0 Å². The third kappa shape index (κ3) is 2.83. The number of hydrogen-bond donors (Lipinski definition) is 3. The summed E-state index contributed by atoms with van der Waals surface area (Å²) in [6, 6.07) is 13.1. The fourth-order valence-electron chi connectivity index (χ4n) is 2.83. The van der Waals surface area contributed by atoms with Crippen LogP contribution in [-0.2, 0) is 5.54 Å². The zero-order valence-corrected chi connectivity index (χ0v) is 12.3. The van der Waals surface area contributed by atoms with Gasteiger partial charge in [-0.25, -0.2) is 0 Å². The zero-order chi connectivity index (χ0) is 15.4. The summed E-state index contributed by atoms with van der Waals surface area (Å²) in [5.74, 6) is 0.780. The van der Waals surface area contributed by atoms with Gasteiger partial charge in [-0.05, 0) is 18.2 Å². The topological polar surface area (TPSA) is 74.6 Å². The second kappa shape index (κ2) is 6.44. The Balaban J connectivity index is 1.78. The van der Waals surface area contributed by atoms with Crippen molar-refractivity contribution in [2.75, 3.05) is 19.8 Å². The van der Waals surface area contributed by atoms with Crippen LogP contribution in [0.4, 0.5) is 0 Å². The lowest BCUT2D eigenvalue weighted by molar-refractivity contribution is 0.0846. The molecule has 2 heterocycles. The van der Waals surface area contributed by atoms with Crippen molar-refractivity contribution < 1.29 is 14.9 Å². The van der Waals surface area contributed by atoms with E-state index in [1.54, 1.807) is 12.3 Å². The Hall–Kier alpha value is -1.95. The molecule has 5 heteroatoms. The number of fused-ring (bicyclic) bond motifs is 1. The van der Waals surface area contributed by atoms with Gasteiger partial charge in [0.1, 0.15) is 11.9 Å². The number of hydrogen-bond acceptors (Lipinski definition) is 5. The first-order valence-electron chi connectivity index (χ1n) is 7.42. The van der Waals surface area contributed by atoms with Crippen LogP contribution in [0.1, 0.15) is 23.8 Å². The number of ether oxygens (including phenoxy) is 1. The molecule has 0 amide bonds. The fourth-order valence-corrected chi connectivity index (χ4v) is 2.83. The molecule has 0 fully saturated rings. The predicted octanol–water partition coefficient (Wildman–Crippen LogP) is 1.37. The van der Waals surface area contributed by atoms with Crippen LogP contribution in [0.5, 0.6) is 5.75 Å². The van der Waals surface area contributed by atoms with Crippen LogP contribution in [0.15, 0.2) is 48.7 Å². The number of pyridine rings is 1. The molecule has 0 aliphatic carbocycles. The van der Waals surface area contributed by atoms with E-state index in [9.17, 15) is 10.2 Å². The van der Waals surface area contributed by atoms with E-state index in [-0.39, 0.29) is 6.61 Å². The van der Waals surface area contributed by atoms with Crippen molar-refractivity contribution >= 4 is 0 Å². The van der Waals surface area contributed by atoms with Crippen molar-refractivity contribution in [2.45, 2.75) is 18.1 Å². The van der Waals surface area contributed by atoms with Gasteiger partial charge in [-0.1, -0.05) is 24.3 Å². The Morgan fingerprint density at radius 1 is 1.23 bits per heavy atom. The number of nitrogens with one attached hydrogen (secondary N) is 1. The largest absolute Gasteiger partial charge is 0.493 e. The number of rotatable bonds is 5. The third-order valence-electron chi connectivity index (χ3n) is 4.12. The maximum absolute atomic E-state index is 10.3. The van der Waals surface area contributed by atoms with Gasteiger partial charge in [0.25, 0.3) is 0 Å². The van der Waals surface area contributed by atoms with Crippen molar-refractivity contribution in [1.82, 2.24) is 10.3 Å². The highest BCUT2D eigenvalue weighted by atomic mass is 16.5. The first-order valence-corrected chi connectivity index (χ1v) is 7.42. The van der Waals surface area contributed by atoms with E-state index in [0.717, 1.165) is 11.3 Å². The van der Waals surface area contributed by atoms with E-state index in [1.165, 1.54) is 0 Å². The third-order valence-corrected chi connectivity index (χ3v) is 4.12. The number of para-hydroxylation sites is 1. The molecule has 0 radical (unpaired) electrons. The summed E-state index contributed by atoms with van der Waals surface area (Å²) in [4.78, 5) is 4.16. The molecule has 1 aromatic heterocycles. The lowest BCUT2D eigenvalue weighted by Crippen LogP contribution is -2.50. The Morgan fingerprint density at radius 2 is 2.05 bits per heavy atom. The number of nitrogens with zero attached hydrogens (tertiary/aromatic N) is 1. The van der Waals surface area contributed by atoms with E-state index >= 15 is 0 Å². The molecule has 0 bridgehead atoms. The van der Waals surface area contributed by atoms with Gasteiger partial charge in [0.15, 0.2) is 0 Å². The molecule has 3 rings (SSSR count). The molecule has 0 saturated carbocycles. The monoisotopic (exact) mass is 300 g/mol. The minimum atomic E-state index is -0.723. The highest BCUT2D eigenvalue weighted by Gasteiger charge is 2.37. The molecular formula is C17H20N2O3. The van der Waals surface area contributed by atoms with E-state index in [4.69, 9.17) is 4.74 Å². The number of aliphatic hydroxyl groups is 2. The average molecular weight is 300 g/mol. The summed E-state index contributed by atoms with van der Waals surface area (Å²) >= 11 is 0. The molecule has 1 aliphatic rings.